The van der Waals surface area contributed by atoms with Gasteiger partial charge >= 0.3 is 5.97 Å². The van der Waals surface area contributed by atoms with Gasteiger partial charge in [-0.2, -0.15) is 0 Å². The van der Waals surface area contributed by atoms with Gasteiger partial charge in [-0.15, -0.1) is 10.2 Å². The van der Waals surface area contributed by atoms with Gasteiger partial charge in [0.1, 0.15) is 5.75 Å². The molecule has 2 aromatic heterocycles. The Hall–Kier alpha value is -4.15. The van der Waals surface area contributed by atoms with E-state index in [2.05, 4.69) is 15.2 Å². The third-order valence-corrected chi connectivity index (χ3v) is 5.93. The van der Waals surface area contributed by atoms with Crippen molar-refractivity contribution >= 4 is 5.97 Å². The number of fused-ring (bicyclic) bond motifs is 1. The molecule has 0 bridgehead atoms. The molecule has 1 unspecified atom stereocenters. The smallest absolute Gasteiger partial charge is 0.358 e. The second kappa shape index (κ2) is 9.14. The van der Waals surface area contributed by atoms with Gasteiger partial charge in [0.15, 0.2) is 40.8 Å². The Balaban J connectivity index is 1.55. The van der Waals surface area contributed by atoms with E-state index in [9.17, 15) is 18.0 Å². The van der Waals surface area contributed by atoms with E-state index in [4.69, 9.17) is 13.9 Å². The van der Waals surface area contributed by atoms with Crippen LogP contribution in [-0.2, 0) is 21.7 Å². The van der Waals surface area contributed by atoms with Gasteiger partial charge < -0.3 is 18.5 Å². The van der Waals surface area contributed by atoms with Gasteiger partial charge in [0.2, 0.25) is 0 Å². The molecule has 0 saturated heterocycles. The number of halogens is 3. The van der Waals surface area contributed by atoms with Crippen LogP contribution in [0.3, 0.4) is 0 Å². The second-order valence-corrected chi connectivity index (χ2v) is 8.27. The molecule has 0 saturated carbocycles. The van der Waals surface area contributed by atoms with Gasteiger partial charge in [0.05, 0.1) is 12.8 Å². The molecule has 0 amide bonds. The van der Waals surface area contributed by atoms with Crippen LogP contribution >= 0.6 is 0 Å². The molecule has 8 nitrogen and oxygen atoms in total. The molecule has 1 aliphatic rings. The Kier molecular flexibility index (Phi) is 5.99. The number of rotatable bonds is 6. The highest BCUT2D eigenvalue weighted by Crippen LogP contribution is 2.39. The SMILES string of the molecule is CCOC(=O)C1(Oc2cc(F)c(F)c(F)c2)CCCn2c(-c3ccc(-c4cnc(C)o4)cc3)nnc21. The Bertz CT molecular complexity index is 1410. The highest BCUT2D eigenvalue weighted by molar-refractivity contribution is 5.81. The predicted octanol–water partition coefficient (Wildman–Crippen LogP) is 4.96. The maximum atomic E-state index is 13.9. The van der Waals surface area contributed by atoms with E-state index in [0.29, 0.717) is 48.1 Å². The van der Waals surface area contributed by atoms with E-state index in [-0.39, 0.29) is 24.6 Å². The Morgan fingerprint density at radius 3 is 2.44 bits per heavy atom. The maximum Gasteiger partial charge on any atom is 0.358 e. The zero-order chi connectivity index (χ0) is 25.4. The van der Waals surface area contributed by atoms with E-state index < -0.39 is 29.0 Å². The van der Waals surface area contributed by atoms with Crippen molar-refractivity contribution in [3.05, 3.63) is 71.8 Å². The summed E-state index contributed by atoms with van der Waals surface area (Å²) in [7, 11) is 0. The van der Waals surface area contributed by atoms with Gasteiger partial charge in [-0.25, -0.2) is 22.9 Å². The summed E-state index contributed by atoms with van der Waals surface area (Å²) in [6.45, 7) is 3.89. The normalized spacial score (nSPS) is 17.0. The summed E-state index contributed by atoms with van der Waals surface area (Å²) < 4.78 is 59.7. The monoisotopic (exact) mass is 498 g/mol. The highest BCUT2D eigenvalue weighted by Gasteiger charge is 2.51. The van der Waals surface area contributed by atoms with Crippen LogP contribution < -0.4 is 4.74 Å². The highest BCUT2D eigenvalue weighted by atomic mass is 19.2. The van der Waals surface area contributed by atoms with Gasteiger partial charge in [-0.05, 0) is 13.3 Å². The molecule has 3 heterocycles. The minimum atomic E-state index is -1.83. The number of esters is 1. The predicted molar refractivity (Wildman–Crippen MR) is 120 cm³/mol. The molecule has 1 atom stereocenters. The molecule has 11 heteroatoms. The van der Waals surface area contributed by atoms with E-state index >= 15 is 0 Å². The lowest BCUT2D eigenvalue weighted by Gasteiger charge is -2.34. The minimum absolute atomic E-state index is 0.0413. The second-order valence-electron chi connectivity index (χ2n) is 8.27. The molecule has 0 spiro atoms. The van der Waals surface area contributed by atoms with E-state index in [1.54, 1.807) is 24.6 Å². The molecular weight excluding hydrogens is 477 g/mol. The number of ether oxygens (including phenoxy) is 2. The largest absolute Gasteiger partial charge is 0.467 e. The molecule has 36 heavy (non-hydrogen) atoms. The van der Waals surface area contributed by atoms with Crippen LogP contribution in [-0.4, -0.2) is 32.3 Å². The van der Waals surface area contributed by atoms with Crippen LogP contribution in [0.1, 0.15) is 31.5 Å². The average molecular weight is 498 g/mol. The first-order valence-corrected chi connectivity index (χ1v) is 11.3. The van der Waals surface area contributed by atoms with Crippen molar-refractivity contribution in [2.45, 2.75) is 38.8 Å². The summed E-state index contributed by atoms with van der Waals surface area (Å²) in [6, 6.07) is 8.71. The fraction of sp³-hybridized carbons (Fsp3) is 0.280. The quantitative estimate of drug-likeness (QED) is 0.274. The van der Waals surface area contributed by atoms with Gasteiger partial charge in [0.25, 0.3) is 5.60 Å². The zero-order valence-corrected chi connectivity index (χ0v) is 19.4. The Morgan fingerprint density at radius 1 is 1.11 bits per heavy atom. The Morgan fingerprint density at radius 2 is 1.81 bits per heavy atom. The van der Waals surface area contributed by atoms with Crippen LogP contribution in [0.2, 0.25) is 0 Å². The molecular formula is C25H21F3N4O4. The van der Waals surface area contributed by atoms with Crippen molar-refractivity contribution in [1.29, 1.82) is 0 Å². The van der Waals surface area contributed by atoms with Crippen LogP contribution in [0.5, 0.6) is 5.75 Å². The zero-order valence-electron chi connectivity index (χ0n) is 19.4. The van der Waals surface area contributed by atoms with E-state index in [1.807, 2.05) is 24.3 Å². The molecule has 0 fully saturated rings. The topological polar surface area (TPSA) is 92.3 Å². The van der Waals surface area contributed by atoms with Crippen LogP contribution in [0.25, 0.3) is 22.7 Å². The number of carbonyl (C=O) groups is 1. The Labute approximate surface area is 203 Å². The lowest BCUT2D eigenvalue weighted by molar-refractivity contribution is -0.166. The molecule has 0 radical (unpaired) electrons. The molecule has 0 aliphatic carbocycles. The van der Waals surface area contributed by atoms with Gasteiger partial charge in [-0.3, -0.25) is 0 Å². The molecule has 4 aromatic rings. The lowest BCUT2D eigenvalue weighted by atomic mass is 9.92. The average Bonchev–Trinajstić information content (AvgIpc) is 3.50. The van der Waals surface area contributed by atoms with E-state index in [1.165, 1.54) is 0 Å². The molecule has 1 aliphatic heterocycles. The molecule has 2 aromatic carbocycles. The molecule has 186 valence electrons. The number of benzene rings is 2. The summed E-state index contributed by atoms with van der Waals surface area (Å²) in [6.07, 6.45) is 2.21. The summed E-state index contributed by atoms with van der Waals surface area (Å²) in [4.78, 5) is 17.3. The number of carbonyl (C=O) groups excluding carboxylic acids is 1. The first kappa shape index (κ1) is 23.6. The van der Waals surface area contributed by atoms with Gasteiger partial charge in [-0.1, -0.05) is 24.3 Å². The third-order valence-electron chi connectivity index (χ3n) is 5.93. The fourth-order valence-electron chi connectivity index (χ4n) is 4.28. The number of hydrogen-bond donors (Lipinski definition) is 0. The summed E-state index contributed by atoms with van der Waals surface area (Å²) in [5, 5.41) is 8.51. The third kappa shape index (κ3) is 4.00. The van der Waals surface area contributed by atoms with Crippen molar-refractivity contribution in [2.24, 2.45) is 0 Å². The van der Waals surface area contributed by atoms with Crippen molar-refractivity contribution in [1.82, 2.24) is 19.7 Å². The summed E-state index contributed by atoms with van der Waals surface area (Å²) in [5.41, 5.74) is -0.289. The van der Waals surface area contributed by atoms with Crippen LogP contribution in [0.4, 0.5) is 13.2 Å². The van der Waals surface area contributed by atoms with Crippen molar-refractivity contribution in [3.8, 4) is 28.5 Å². The number of aromatic nitrogens is 4. The lowest BCUT2D eigenvalue weighted by Crippen LogP contribution is -2.47. The fourth-order valence-corrected chi connectivity index (χ4v) is 4.28. The molecule has 5 rings (SSSR count). The number of aryl methyl sites for hydroxylation is 1. The minimum Gasteiger partial charge on any atom is -0.467 e. The first-order valence-electron chi connectivity index (χ1n) is 11.3. The number of nitrogens with zero attached hydrogens (tertiary/aromatic N) is 4. The van der Waals surface area contributed by atoms with E-state index in [0.717, 1.165) is 5.56 Å². The van der Waals surface area contributed by atoms with Crippen molar-refractivity contribution in [2.75, 3.05) is 6.61 Å². The van der Waals surface area contributed by atoms with Crippen LogP contribution in [0.15, 0.2) is 47.0 Å². The summed E-state index contributed by atoms with van der Waals surface area (Å²) >= 11 is 0. The number of hydrogen-bond acceptors (Lipinski definition) is 7. The van der Waals surface area contributed by atoms with Crippen molar-refractivity contribution in [3.63, 3.8) is 0 Å². The first-order chi connectivity index (χ1) is 17.3. The van der Waals surface area contributed by atoms with Crippen LogP contribution in [0, 0.1) is 24.4 Å². The maximum absolute atomic E-state index is 13.9. The summed E-state index contributed by atoms with van der Waals surface area (Å²) in [5.74, 6) is -3.90. The number of oxazole rings is 1. The standard InChI is InChI=1S/C25H21F3N4O4/c1-3-34-24(33)25(36-17-11-18(26)21(28)19(27)12-17)9-4-10-32-22(30-31-23(25)32)16-7-5-15(6-8-16)20-13-29-14(2)35-20/h5-8,11-13H,3-4,9-10H2,1-2H3. The van der Waals surface area contributed by atoms with Crippen molar-refractivity contribution < 1.29 is 31.9 Å². The van der Waals surface area contributed by atoms with Gasteiger partial charge in [0, 0.05) is 43.1 Å². The molecule has 0 N–H and O–H groups in total.